The highest BCUT2D eigenvalue weighted by atomic mass is 32.2. The zero-order chi connectivity index (χ0) is 48.4. The van der Waals surface area contributed by atoms with Crippen molar-refractivity contribution < 1.29 is 63.3 Å². The molecule has 0 saturated carbocycles. The number of carboxylic acid groups (broad SMARTS) is 1. The van der Waals surface area contributed by atoms with Crippen molar-refractivity contribution in [2.45, 2.75) is 128 Å². The minimum Gasteiger partial charge on any atom is -0.480 e. The van der Waals surface area contributed by atoms with Gasteiger partial charge in [0.15, 0.2) is 0 Å². The molecule has 0 aliphatic heterocycles. The SMILES string of the molecule is CSCC[C@H](NC(=O)[C@@H](N)CC(C)C)C(=O)N[C@@H](C)C(=O)N[C@@H](CO)C(=O)N[C@H](C(=O)N[C@@H](CCC(N)=O)C(=O)NCC(=O)N[C@@H](CO)C(=O)N[C@@H](CCCCN)C(=O)O)C(C)C. The zero-order valence-corrected chi connectivity index (χ0v) is 37.6. The van der Waals surface area contributed by atoms with E-state index in [1.165, 1.54) is 32.5 Å². The van der Waals surface area contributed by atoms with Crippen LogP contribution in [0.25, 0.3) is 0 Å². The monoisotopic (exact) mass is 919 g/mol. The highest BCUT2D eigenvalue weighted by Crippen LogP contribution is 2.08. The number of unbranched alkanes of at least 4 members (excludes halogenated alkanes) is 1. The topological polar surface area (TPSA) is 406 Å². The quantitative estimate of drug-likeness (QED) is 0.0280. The first-order chi connectivity index (χ1) is 29.5. The third-order valence-electron chi connectivity index (χ3n) is 9.25. The van der Waals surface area contributed by atoms with Gasteiger partial charge in [0, 0.05) is 6.42 Å². The lowest BCUT2D eigenvalue weighted by molar-refractivity contribution is -0.142. The number of nitrogens with two attached hydrogens (primary N) is 3. The van der Waals surface area contributed by atoms with E-state index in [0.717, 1.165) is 0 Å². The number of hydrogen-bond donors (Lipinski definition) is 14. The minimum absolute atomic E-state index is 0.0393. The molecule has 0 aromatic rings. The normalized spacial score (nSPS) is 14.9. The fourth-order valence-electron chi connectivity index (χ4n) is 5.63. The maximum absolute atomic E-state index is 13.5. The Morgan fingerprint density at radius 1 is 0.603 bits per heavy atom. The van der Waals surface area contributed by atoms with Gasteiger partial charge in [-0.15, -0.1) is 0 Å². The molecule has 0 aromatic carbocycles. The Hall–Kier alpha value is -5.11. The Morgan fingerprint density at radius 3 is 1.65 bits per heavy atom. The molecule has 25 heteroatoms. The molecule has 8 atom stereocenters. The molecule has 17 N–H and O–H groups in total. The van der Waals surface area contributed by atoms with Gasteiger partial charge in [0.25, 0.3) is 0 Å². The molecule has 0 bridgehead atoms. The highest BCUT2D eigenvalue weighted by molar-refractivity contribution is 7.98. The minimum atomic E-state index is -1.63. The van der Waals surface area contributed by atoms with E-state index in [1.807, 2.05) is 20.1 Å². The van der Waals surface area contributed by atoms with Gasteiger partial charge >= 0.3 is 5.97 Å². The lowest BCUT2D eigenvalue weighted by Gasteiger charge is -2.27. The second kappa shape index (κ2) is 30.9. The van der Waals surface area contributed by atoms with Gasteiger partial charge in [-0.25, -0.2) is 4.79 Å². The van der Waals surface area contributed by atoms with Gasteiger partial charge in [-0.1, -0.05) is 27.7 Å². The van der Waals surface area contributed by atoms with Crippen LogP contribution in [-0.4, -0.2) is 161 Å². The van der Waals surface area contributed by atoms with Crippen molar-refractivity contribution >= 4 is 70.9 Å². The molecule has 0 rings (SSSR count). The summed E-state index contributed by atoms with van der Waals surface area (Å²) >= 11 is 1.43. The van der Waals surface area contributed by atoms with Gasteiger partial charge in [-0.05, 0) is 75.8 Å². The van der Waals surface area contributed by atoms with E-state index in [9.17, 15) is 63.3 Å². The highest BCUT2D eigenvalue weighted by Gasteiger charge is 2.33. The Balaban J connectivity index is 5.72. The molecule has 9 amide bonds. The summed E-state index contributed by atoms with van der Waals surface area (Å²) in [6, 6.07) is -10.6. The summed E-state index contributed by atoms with van der Waals surface area (Å²) < 4.78 is 0. The number of thioether (sulfide) groups is 1. The summed E-state index contributed by atoms with van der Waals surface area (Å²) in [6.45, 7) is 5.80. The van der Waals surface area contributed by atoms with Crippen LogP contribution in [0.4, 0.5) is 0 Å². The Bertz CT molecular complexity index is 1560. The molecule has 0 aliphatic carbocycles. The summed E-state index contributed by atoms with van der Waals surface area (Å²) in [7, 11) is 0. The molecule has 0 aromatic heterocycles. The van der Waals surface area contributed by atoms with Crippen LogP contribution in [0, 0.1) is 11.8 Å². The van der Waals surface area contributed by atoms with Crippen LogP contribution in [0.3, 0.4) is 0 Å². The van der Waals surface area contributed by atoms with Crippen LogP contribution in [0.2, 0.25) is 0 Å². The zero-order valence-electron chi connectivity index (χ0n) is 36.8. The van der Waals surface area contributed by atoms with Crippen molar-refractivity contribution in [1.82, 2.24) is 42.5 Å². The van der Waals surface area contributed by atoms with Gasteiger partial charge in [-0.3, -0.25) is 43.2 Å². The number of nitrogens with one attached hydrogen (secondary N) is 8. The smallest absolute Gasteiger partial charge is 0.326 e. The van der Waals surface area contributed by atoms with Crippen molar-refractivity contribution in [2.24, 2.45) is 29.0 Å². The van der Waals surface area contributed by atoms with Gasteiger partial charge in [0.1, 0.15) is 42.3 Å². The Labute approximate surface area is 371 Å². The maximum Gasteiger partial charge on any atom is 0.326 e. The molecule has 63 heavy (non-hydrogen) atoms. The fraction of sp³-hybridized carbons (Fsp3) is 0.737. The first-order valence-electron chi connectivity index (χ1n) is 20.6. The number of hydrogen-bond acceptors (Lipinski definition) is 15. The molecule has 0 fully saturated rings. The van der Waals surface area contributed by atoms with Crippen LogP contribution in [0.1, 0.15) is 79.6 Å². The number of aliphatic hydroxyl groups is 2. The summed E-state index contributed by atoms with van der Waals surface area (Å²) in [4.78, 5) is 127. The molecule has 0 aliphatic rings. The van der Waals surface area contributed by atoms with Crippen molar-refractivity contribution in [3.63, 3.8) is 0 Å². The molecule has 24 nitrogen and oxygen atoms in total. The average molecular weight is 920 g/mol. The van der Waals surface area contributed by atoms with Crippen molar-refractivity contribution in [3.05, 3.63) is 0 Å². The number of carbonyl (C=O) groups is 10. The van der Waals surface area contributed by atoms with Crippen LogP contribution in [0.15, 0.2) is 0 Å². The standard InChI is InChI=1S/C38H69N11O13S/c1-19(2)15-22(40)32(55)45-24(12-14-63-6)34(57)43-21(5)31(54)48-27(18-51)36(59)49-30(20(3)4)37(60)46-23(10-11-28(41)52)33(56)42-16-29(53)44-26(17-50)35(58)47-25(38(61)62)9-7-8-13-39/h19-27,30,50-51H,7-18,39-40H2,1-6H3,(H2,41,52)(H,42,56)(H,43,57)(H,44,53)(H,45,55)(H,46,60)(H,47,58)(H,48,54)(H,49,59)(H,61,62)/t21-,22-,23-,24-,25-,26-,27-,30-/m0/s1. The van der Waals surface area contributed by atoms with Crippen molar-refractivity contribution in [3.8, 4) is 0 Å². The predicted octanol–water partition coefficient (Wildman–Crippen LogP) is -5.24. The number of rotatable bonds is 32. The van der Waals surface area contributed by atoms with Crippen LogP contribution in [-0.2, 0) is 47.9 Å². The third-order valence-corrected chi connectivity index (χ3v) is 9.90. The van der Waals surface area contributed by atoms with E-state index in [-0.39, 0.29) is 25.2 Å². The summed E-state index contributed by atoms with van der Waals surface area (Å²) in [6.07, 6.45) is 2.57. The van der Waals surface area contributed by atoms with Crippen molar-refractivity contribution in [2.75, 3.05) is 38.3 Å². The first-order valence-corrected chi connectivity index (χ1v) is 22.0. The number of amides is 9. The second-order valence-corrected chi connectivity index (χ2v) is 16.5. The number of aliphatic hydroxyl groups excluding tert-OH is 2. The lowest BCUT2D eigenvalue weighted by atomic mass is 10.0. The number of carbonyl (C=O) groups excluding carboxylic acids is 9. The number of carboxylic acids is 1. The predicted molar refractivity (Wildman–Crippen MR) is 231 cm³/mol. The first kappa shape index (κ1) is 57.9. The third kappa shape index (κ3) is 23.2. The van der Waals surface area contributed by atoms with E-state index >= 15 is 0 Å². The second-order valence-electron chi connectivity index (χ2n) is 15.6. The van der Waals surface area contributed by atoms with E-state index in [2.05, 4.69) is 42.5 Å². The maximum atomic E-state index is 13.5. The average Bonchev–Trinajstić information content (AvgIpc) is 3.21. The van der Waals surface area contributed by atoms with Gasteiger partial charge < -0.3 is 75.1 Å². The molecular formula is C38H69N11O13S. The van der Waals surface area contributed by atoms with E-state index in [1.54, 1.807) is 0 Å². The van der Waals surface area contributed by atoms with Gasteiger partial charge in [0.2, 0.25) is 53.2 Å². The molecule has 0 unspecified atom stereocenters. The molecule has 0 spiro atoms. The molecule has 0 heterocycles. The largest absolute Gasteiger partial charge is 0.480 e. The van der Waals surface area contributed by atoms with Crippen LogP contribution in [0.5, 0.6) is 0 Å². The molecule has 0 saturated heterocycles. The molecular weight excluding hydrogens is 851 g/mol. The number of primary amides is 1. The van der Waals surface area contributed by atoms with Crippen LogP contribution < -0.4 is 59.7 Å². The van der Waals surface area contributed by atoms with Gasteiger partial charge in [-0.2, -0.15) is 11.8 Å². The fourth-order valence-corrected chi connectivity index (χ4v) is 6.10. The van der Waals surface area contributed by atoms with E-state index < -0.39 is 140 Å². The Kier molecular flexibility index (Phi) is 28.4. The lowest BCUT2D eigenvalue weighted by Crippen LogP contribution is -2.60. The van der Waals surface area contributed by atoms with Crippen molar-refractivity contribution in [1.29, 1.82) is 0 Å². The molecule has 360 valence electrons. The van der Waals surface area contributed by atoms with Gasteiger partial charge in [0.05, 0.1) is 25.8 Å². The Morgan fingerprint density at radius 2 is 1.13 bits per heavy atom. The summed E-state index contributed by atoms with van der Waals surface area (Å²) in [5.74, 6) is -9.31. The summed E-state index contributed by atoms with van der Waals surface area (Å²) in [5.41, 5.74) is 16.6. The summed E-state index contributed by atoms with van der Waals surface area (Å²) in [5, 5.41) is 47.9. The number of aliphatic carboxylic acids is 1. The van der Waals surface area contributed by atoms with E-state index in [0.29, 0.717) is 31.6 Å². The molecule has 0 radical (unpaired) electrons. The van der Waals surface area contributed by atoms with E-state index in [4.69, 9.17) is 17.2 Å². The van der Waals surface area contributed by atoms with Crippen LogP contribution >= 0.6 is 11.8 Å².